The van der Waals surface area contributed by atoms with Crippen LogP contribution in [0.4, 0.5) is 0 Å². The predicted molar refractivity (Wildman–Crippen MR) is 99.7 cm³/mol. The van der Waals surface area contributed by atoms with Crippen molar-refractivity contribution in [3.05, 3.63) is 30.6 Å². The van der Waals surface area contributed by atoms with Gasteiger partial charge in [-0.05, 0) is 33.8 Å². The van der Waals surface area contributed by atoms with Crippen molar-refractivity contribution in [1.29, 1.82) is 0 Å². The van der Waals surface area contributed by atoms with E-state index < -0.39 is 17.4 Å². The van der Waals surface area contributed by atoms with Crippen molar-refractivity contribution in [1.82, 2.24) is 19.6 Å². The molecule has 0 N–H and O–H groups in total. The summed E-state index contributed by atoms with van der Waals surface area (Å²) in [5, 5.41) is 4.20. The fourth-order valence-corrected chi connectivity index (χ4v) is 4.64. The molecule has 0 aliphatic carbocycles. The molecule has 7 heteroatoms. The third-order valence-electron chi connectivity index (χ3n) is 6.05. The number of aromatic nitrogens is 2. The second-order valence-corrected chi connectivity index (χ2v) is 8.68. The highest BCUT2D eigenvalue weighted by molar-refractivity contribution is 5.93. The SMILES string of the molecule is CCN(CCn1cccn1)C(=O)[C@H]1[C@@H]2C=C[C@@]3(CN(C(C)(C)C)C(=O)[C@H]13)O2. The molecule has 1 aromatic rings. The number of rotatable bonds is 5. The number of hydrogen-bond acceptors (Lipinski definition) is 4. The van der Waals surface area contributed by atoms with E-state index in [1.54, 1.807) is 6.20 Å². The molecule has 2 amide bonds. The van der Waals surface area contributed by atoms with E-state index in [4.69, 9.17) is 4.74 Å². The Morgan fingerprint density at radius 3 is 2.85 bits per heavy atom. The Bertz CT molecular complexity index is 767. The zero-order valence-electron chi connectivity index (χ0n) is 16.5. The number of hydrogen-bond donors (Lipinski definition) is 0. The Labute approximate surface area is 159 Å². The smallest absolute Gasteiger partial charge is 0.230 e. The summed E-state index contributed by atoms with van der Waals surface area (Å²) < 4.78 is 8.04. The zero-order valence-corrected chi connectivity index (χ0v) is 16.5. The van der Waals surface area contributed by atoms with Crippen LogP contribution in [0.3, 0.4) is 0 Å². The topological polar surface area (TPSA) is 67.7 Å². The normalized spacial score (nSPS) is 31.6. The minimum atomic E-state index is -0.642. The molecule has 4 atom stereocenters. The minimum absolute atomic E-state index is 0.00925. The molecule has 1 spiro atoms. The average molecular weight is 372 g/mol. The van der Waals surface area contributed by atoms with Crippen molar-refractivity contribution in [3.8, 4) is 0 Å². The first-order chi connectivity index (χ1) is 12.8. The van der Waals surface area contributed by atoms with Gasteiger partial charge >= 0.3 is 0 Å². The van der Waals surface area contributed by atoms with Gasteiger partial charge in [0.05, 0.1) is 31.0 Å². The largest absolute Gasteiger partial charge is 0.360 e. The van der Waals surface area contributed by atoms with Crippen LogP contribution in [0.5, 0.6) is 0 Å². The number of amides is 2. The summed E-state index contributed by atoms with van der Waals surface area (Å²) in [4.78, 5) is 30.3. The number of ether oxygens (including phenoxy) is 1. The maximum atomic E-state index is 13.4. The van der Waals surface area contributed by atoms with E-state index in [1.807, 2.05) is 66.6 Å². The van der Waals surface area contributed by atoms with Gasteiger partial charge in [0.2, 0.25) is 11.8 Å². The second kappa shape index (κ2) is 6.19. The first kappa shape index (κ1) is 18.2. The van der Waals surface area contributed by atoms with Gasteiger partial charge in [0.15, 0.2) is 0 Å². The lowest BCUT2D eigenvalue weighted by molar-refractivity contribution is -0.145. The lowest BCUT2D eigenvalue weighted by atomic mass is 9.76. The standard InChI is InChI=1S/C20H28N4O3/c1-5-22(11-12-23-10-6-9-21-23)17(25)15-14-7-8-20(27-14)13-24(19(2,3)4)18(26)16(15)20/h6-10,14-16H,5,11-13H2,1-4H3/t14-,15-,16-,20-/m0/s1. The summed E-state index contributed by atoms with van der Waals surface area (Å²) in [7, 11) is 0. The number of likely N-dealkylation sites (N-methyl/N-ethyl adjacent to an activating group) is 1. The van der Waals surface area contributed by atoms with Gasteiger partial charge in [0.1, 0.15) is 5.60 Å². The van der Waals surface area contributed by atoms with E-state index in [-0.39, 0.29) is 23.5 Å². The van der Waals surface area contributed by atoms with Crippen molar-refractivity contribution in [2.75, 3.05) is 19.6 Å². The van der Waals surface area contributed by atoms with Crippen molar-refractivity contribution in [2.45, 2.75) is 51.5 Å². The summed E-state index contributed by atoms with van der Waals surface area (Å²) in [6.07, 6.45) is 7.30. The summed E-state index contributed by atoms with van der Waals surface area (Å²) in [6, 6.07) is 1.87. The number of carbonyl (C=O) groups excluding carboxylic acids is 2. The molecule has 0 aromatic carbocycles. The first-order valence-corrected chi connectivity index (χ1v) is 9.72. The fraction of sp³-hybridized carbons (Fsp3) is 0.650. The van der Waals surface area contributed by atoms with Crippen molar-refractivity contribution < 1.29 is 14.3 Å². The van der Waals surface area contributed by atoms with Gasteiger partial charge in [-0.3, -0.25) is 14.3 Å². The van der Waals surface area contributed by atoms with Gasteiger partial charge < -0.3 is 14.5 Å². The summed E-state index contributed by atoms with van der Waals surface area (Å²) >= 11 is 0. The van der Waals surface area contributed by atoms with Gasteiger partial charge in [-0.2, -0.15) is 5.10 Å². The maximum Gasteiger partial charge on any atom is 0.230 e. The number of nitrogens with zero attached hydrogens (tertiary/aromatic N) is 4. The molecule has 4 heterocycles. The molecule has 0 unspecified atom stereocenters. The van der Waals surface area contributed by atoms with Crippen LogP contribution in [0.15, 0.2) is 30.6 Å². The van der Waals surface area contributed by atoms with Crippen molar-refractivity contribution >= 4 is 11.8 Å². The van der Waals surface area contributed by atoms with Gasteiger partial charge in [-0.1, -0.05) is 12.2 Å². The molecule has 2 fully saturated rings. The number of likely N-dealkylation sites (tertiary alicyclic amines) is 1. The van der Waals surface area contributed by atoms with Gasteiger partial charge in [0.25, 0.3) is 0 Å². The van der Waals surface area contributed by atoms with Gasteiger partial charge in [-0.15, -0.1) is 0 Å². The lowest BCUT2D eigenvalue weighted by Crippen LogP contribution is -2.48. The van der Waals surface area contributed by atoms with E-state index in [0.717, 1.165) is 0 Å². The van der Waals surface area contributed by atoms with Gasteiger partial charge in [0, 0.05) is 31.0 Å². The minimum Gasteiger partial charge on any atom is -0.360 e. The predicted octanol–water partition coefficient (Wildman–Crippen LogP) is 1.31. The molecule has 7 nitrogen and oxygen atoms in total. The molecule has 146 valence electrons. The molecule has 0 saturated carbocycles. The quantitative estimate of drug-likeness (QED) is 0.731. The summed E-state index contributed by atoms with van der Waals surface area (Å²) in [5.41, 5.74) is -0.930. The molecule has 3 aliphatic heterocycles. The Balaban J connectivity index is 1.55. The number of carbonyl (C=O) groups is 2. The van der Waals surface area contributed by atoms with Crippen LogP contribution in [0, 0.1) is 11.8 Å². The van der Waals surface area contributed by atoms with Gasteiger partial charge in [-0.25, -0.2) is 0 Å². The molecule has 2 saturated heterocycles. The third kappa shape index (κ3) is 2.79. The molecule has 3 aliphatic rings. The fourth-order valence-electron chi connectivity index (χ4n) is 4.64. The van der Waals surface area contributed by atoms with Crippen LogP contribution in [0.25, 0.3) is 0 Å². The second-order valence-electron chi connectivity index (χ2n) is 8.68. The highest BCUT2D eigenvalue weighted by Crippen LogP contribution is 2.53. The average Bonchev–Trinajstić information content (AvgIpc) is 3.36. The molecular weight excluding hydrogens is 344 g/mol. The molecule has 0 radical (unpaired) electrons. The highest BCUT2D eigenvalue weighted by Gasteiger charge is 2.68. The third-order valence-corrected chi connectivity index (χ3v) is 6.05. The molecule has 1 aromatic heterocycles. The van der Waals surface area contributed by atoms with E-state index in [2.05, 4.69) is 5.10 Å². The van der Waals surface area contributed by atoms with E-state index >= 15 is 0 Å². The summed E-state index contributed by atoms with van der Waals surface area (Å²) in [6.45, 7) is 10.4. The maximum absolute atomic E-state index is 13.4. The monoisotopic (exact) mass is 372 g/mol. The van der Waals surface area contributed by atoms with Crippen LogP contribution < -0.4 is 0 Å². The van der Waals surface area contributed by atoms with Crippen LogP contribution in [0.1, 0.15) is 27.7 Å². The Morgan fingerprint density at radius 1 is 1.44 bits per heavy atom. The van der Waals surface area contributed by atoms with Crippen molar-refractivity contribution in [3.63, 3.8) is 0 Å². The lowest BCUT2D eigenvalue weighted by Gasteiger charge is -2.34. The molecular formula is C20H28N4O3. The Hall–Kier alpha value is -2.15. The first-order valence-electron chi connectivity index (χ1n) is 9.72. The molecule has 27 heavy (non-hydrogen) atoms. The van der Waals surface area contributed by atoms with Crippen LogP contribution in [-0.2, 0) is 20.9 Å². The van der Waals surface area contributed by atoms with E-state index in [1.165, 1.54) is 0 Å². The van der Waals surface area contributed by atoms with Crippen LogP contribution >= 0.6 is 0 Å². The Morgan fingerprint density at radius 2 is 2.22 bits per heavy atom. The molecule has 2 bridgehead atoms. The Kier molecular flexibility index (Phi) is 4.18. The van der Waals surface area contributed by atoms with Crippen LogP contribution in [-0.4, -0.2) is 68.3 Å². The van der Waals surface area contributed by atoms with Crippen LogP contribution in [0.2, 0.25) is 0 Å². The zero-order chi connectivity index (χ0) is 19.4. The highest BCUT2D eigenvalue weighted by atomic mass is 16.5. The van der Waals surface area contributed by atoms with E-state index in [0.29, 0.717) is 26.2 Å². The summed E-state index contributed by atoms with van der Waals surface area (Å²) in [5.74, 6) is -0.809. The van der Waals surface area contributed by atoms with E-state index in [9.17, 15) is 9.59 Å². The number of fused-ring (bicyclic) bond motifs is 1. The van der Waals surface area contributed by atoms with Crippen molar-refractivity contribution in [2.24, 2.45) is 11.8 Å². The molecule has 4 rings (SSSR count).